The molecule has 1 fully saturated rings. The van der Waals surface area contributed by atoms with Crippen LogP contribution in [0.5, 0.6) is 0 Å². The number of rotatable bonds is 3. The van der Waals surface area contributed by atoms with E-state index in [9.17, 15) is 4.79 Å². The lowest BCUT2D eigenvalue weighted by Crippen LogP contribution is -2.31. The molecule has 0 aromatic heterocycles. The van der Waals surface area contributed by atoms with Gasteiger partial charge in [-0.25, -0.2) is 0 Å². The largest absolute Gasteiger partial charge is 0.392 e. The van der Waals surface area contributed by atoms with Gasteiger partial charge in [0.05, 0.1) is 6.61 Å². The first-order chi connectivity index (χ1) is 8.20. The second-order valence-corrected chi connectivity index (χ2v) is 4.41. The molecule has 2 N–H and O–H groups in total. The van der Waals surface area contributed by atoms with Gasteiger partial charge < -0.3 is 15.2 Å². The molecule has 4 heteroatoms. The maximum atomic E-state index is 11.9. The van der Waals surface area contributed by atoms with Crippen LogP contribution in [0.4, 0.5) is 5.69 Å². The van der Waals surface area contributed by atoms with Gasteiger partial charge in [0.1, 0.15) is 6.10 Å². The van der Waals surface area contributed by atoms with Crippen LogP contribution in [0.2, 0.25) is 0 Å². The minimum atomic E-state index is -0.354. The van der Waals surface area contributed by atoms with Crippen molar-refractivity contribution in [3.63, 3.8) is 0 Å². The topological polar surface area (TPSA) is 58.6 Å². The van der Waals surface area contributed by atoms with Crippen LogP contribution >= 0.6 is 0 Å². The predicted octanol–water partition coefficient (Wildman–Crippen LogP) is 1.54. The van der Waals surface area contributed by atoms with Crippen molar-refractivity contribution >= 4 is 11.6 Å². The first-order valence-corrected chi connectivity index (χ1v) is 5.83. The van der Waals surface area contributed by atoms with Gasteiger partial charge in [0.2, 0.25) is 0 Å². The lowest BCUT2D eigenvalue weighted by atomic mass is 10.0. The van der Waals surface area contributed by atoms with E-state index in [4.69, 9.17) is 9.84 Å². The van der Waals surface area contributed by atoms with Crippen LogP contribution in [0.1, 0.15) is 18.9 Å². The number of aliphatic hydroxyl groups is 1. The number of ether oxygens (including phenoxy) is 1. The van der Waals surface area contributed by atoms with E-state index in [0.717, 1.165) is 12.0 Å². The van der Waals surface area contributed by atoms with Gasteiger partial charge in [0.15, 0.2) is 0 Å². The van der Waals surface area contributed by atoms with Crippen molar-refractivity contribution in [2.75, 3.05) is 11.9 Å². The minimum Gasteiger partial charge on any atom is -0.392 e. The summed E-state index contributed by atoms with van der Waals surface area (Å²) < 4.78 is 5.39. The average Bonchev–Trinajstić information content (AvgIpc) is 2.76. The first kappa shape index (κ1) is 12.1. The molecule has 2 atom stereocenters. The molecule has 0 bridgehead atoms. The molecule has 1 amide bonds. The van der Waals surface area contributed by atoms with E-state index in [0.29, 0.717) is 12.3 Å². The predicted molar refractivity (Wildman–Crippen MR) is 64.5 cm³/mol. The highest BCUT2D eigenvalue weighted by molar-refractivity contribution is 5.94. The van der Waals surface area contributed by atoms with Crippen LogP contribution in [0.25, 0.3) is 0 Å². The molecule has 17 heavy (non-hydrogen) atoms. The maximum absolute atomic E-state index is 11.9. The van der Waals surface area contributed by atoms with Gasteiger partial charge in [-0.05, 0) is 30.0 Å². The smallest absolute Gasteiger partial charge is 0.253 e. The van der Waals surface area contributed by atoms with Gasteiger partial charge in [-0.2, -0.15) is 0 Å². The normalized spacial score (nSPS) is 23.6. The summed E-state index contributed by atoms with van der Waals surface area (Å²) in [6, 6.07) is 7.18. The Morgan fingerprint density at radius 1 is 1.59 bits per heavy atom. The molecule has 0 radical (unpaired) electrons. The van der Waals surface area contributed by atoms with Crippen molar-refractivity contribution in [3.05, 3.63) is 29.8 Å². The van der Waals surface area contributed by atoms with Crippen molar-refractivity contribution in [2.45, 2.75) is 26.1 Å². The van der Waals surface area contributed by atoms with Gasteiger partial charge in [-0.1, -0.05) is 19.1 Å². The molecule has 1 saturated heterocycles. The third-order valence-electron chi connectivity index (χ3n) is 3.02. The third kappa shape index (κ3) is 2.84. The zero-order valence-corrected chi connectivity index (χ0v) is 9.85. The lowest BCUT2D eigenvalue weighted by molar-refractivity contribution is -0.126. The molecule has 2 rings (SSSR count). The molecule has 4 nitrogen and oxygen atoms in total. The van der Waals surface area contributed by atoms with E-state index in [2.05, 4.69) is 5.32 Å². The molecule has 0 saturated carbocycles. The first-order valence-electron chi connectivity index (χ1n) is 5.83. The second kappa shape index (κ2) is 5.29. The summed E-state index contributed by atoms with van der Waals surface area (Å²) in [6.07, 6.45) is 0.571. The number of carbonyl (C=O) groups excluding carboxylic acids is 1. The van der Waals surface area contributed by atoms with E-state index < -0.39 is 0 Å². The quantitative estimate of drug-likeness (QED) is 0.835. The summed E-state index contributed by atoms with van der Waals surface area (Å²) in [5, 5.41) is 11.8. The Balaban J connectivity index is 2.02. The van der Waals surface area contributed by atoms with Crippen LogP contribution in [-0.2, 0) is 16.1 Å². The zero-order chi connectivity index (χ0) is 12.3. The SMILES string of the molecule is CC1CCOC1C(=O)Nc1cccc(CO)c1. The van der Waals surface area contributed by atoms with E-state index >= 15 is 0 Å². The molecule has 92 valence electrons. The summed E-state index contributed by atoms with van der Waals surface area (Å²) in [7, 11) is 0. The molecule has 0 aliphatic carbocycles. The molecule has 1 aromatic carbocycles. The fourth-order valence-electron chi connectivity index (χ4n) is 1.99. The zero-order valence-electron chi connectivity index (χ0n) is 9.85. The summed E-state index contributed by atoms with van der Waals surface area (Å²) in [6.45, 7) is 2.64. The van der Waals surface area contributed by atoms with Crippen molar-refractivity contribution in [1.29, 1.82) is 0 Å². The van der Waals surface area contributed by atoms with Crippen LogP contribution in [0, 0.1) is 5.92 Å². The van der Waals surface area contributed by atoms with Crippen LogP contribution < -0.4 is 5.32 Å². The summed E-state index contributed by atoms with van der Waals surface area (Å²) in [5.41, 5.74) is 1.48. The fourth-order valence-corrected chi connectivity index (χ4v) is 1.99. The van der Waals surface area contributed by atoms with Crippen molar-refractivity contribution in [2.24, 2.45) is 5.92 Å². The van der Waals surface area contributed by atoms with E-state index in [1.54, 1.807) is 18.2 Å². The van der Waals surface area contributed by atoms with E-state index in [1.807, 2.05) is 13.0 Å². The Hall–Kier alpha value is -1.39. The van der Waals surface area contributed by atoms with Gasteiger partial charge in [0, 0.05) is 12.3 Å². The number of nitrogens with one attached hydrogen (secondary N) is 1. The third-order valence-corrected chi connectivity index (χ3v) is 3.02. The van der Waals surface area contributed by atoms with Gasteiger partial charge >= 0.3 is 0 Å². The summed E-state index contributed by atoms with van der Waals surface area (Å²) in [4.78, 5) is 11.9. The molecule has 2 unspecified atom stereocenters. The molecule has 1 aromatic rings. The maximum Gasteiger partial charge on any atom is 0.253 e. The lowest BCUT2D eigenvalue weighted by Gasteiger charge is -2.14. The monoisotopic (exact) mass is 235 g/mol. The molecule has 1 heterocycles. The Morgan fingerprint density at radius 2 is 2.41 bits per heavy atom. The Kier molecular flexibility index (Phi) is 3.76. The summed E-state index contributed by atoms with van der Waals surface area (Å²) >= 11 is 0. The highest BCUT2D eigenvalue weighted by Crippen LogP contribution is 2.21. The van der Waals surface area contributed by atoms with E-state index in [1.165, 1.54) is 0 Å². The average molecular weight is 235 g/mol. The Labute approximate surface area is 101 Å². The summed E-state index contributed by atoms with van der Waals surface area (Å²) in [5.74, 6) is 0.154. The van der Waals surface area contributed by atoms with Crippen molar-refractivity contribution in [3.8, 4) is 0 Å². The molecule has 1 aliphatic heterocycles. The second-order valence-electron chi connectivity index (χ2n) is 4.41. The van der Waals surface area contributed by atoms with Crippen LogP contribution in [0.15, 0.2) is 24.3 Å². The van der Waals surface area contributed by atoms with Gasteiger partial charge in [0.25, 0.3) is 5.91 Å². The minimum absolute atomic E-state index is 0.0277. The number of aliphatic hydroxyl groups excluding tert-OH is 1. The number of amides is 1. The van der Waals surface area contributed by atoms with Crippen molar-refractivity contribution in [1.82, 2.24) is 0 Å². The van der Waals surface area contributed by atoms with Crippen LogP contribution in [-0.4, -0.2) is 23.7 Å². The van der Waals surface area contributed by atoms with Gasteiger partial charge in [-0.3, -0.25) is 4.79 Å². The molecule has 0 spiro atoms. The van der Waals surface area contributed by atoms with E-state index in [-0.39, 0.29) is 24.5 Å². The highest BCUT2D eigenvalue weighted by atomic mass is 16.5. The Morgan fingerprint density at radius 3 is 3.06 bits per heavy atom. The molecule has 1 aliphatic rings. The standard InChI is InChI=1S/C13H17NO3/c1-9-5-6-17-12(9)13(16)14-11-4-2-3-10(7-11)8-15/h2-4,7,9,12,15H,5-6,8H2,1H3,(H,14,16). The highest BCUT2D eigenvalue weighted by Gasteiger charge is 2.30. The van der Waals surface area contributed by atoms with Crippen LogP contribution in [0.3, 0.4) is 0 Å². The molecular weight excluding hydrogens is 218 g/mol. The number of anilines is 1. The number of hydrogen-bond donors (Lipinski definition) is 2. The fraction of sp³-hybridized carbons (Fsp3) is 0.462. The van der Waals surface area contributed by atoms with Crippen molar-refractivity contribution < 1.29 is 14.6 Å². The number of benzene rings is 1. The van der Waals surface area contributed by atoms with Gasteiger partial charge in [-0.15, -0.1) is 0 Å². The number of carbonyl (C=O) groups is 1. The molecular formula is C13H17NO3. The Bertz CT molecular complexity index is 405. The number of hydrogen-bond acceptors (Lipinski definition) is 3.